The average Bonchev–Trinajstić information content (AvgIpc) is 2.89. The van der Waals surface area contributed by atoms with Gasteiger partial charge in [-0.25, -0.2) is 0 Å². The number of fused-ring (bicyclic) bond motifs is 1. The van der Waals surface area contributed by atoms with Crippen LogP contribution in [0.5, 0.6) is 0 Å². The minimum Gasteiger partial charge on any atom is -0.337 e. The molecule has 0 unspecified atom stereocenters. The van der Waals surface area contributed by atoms with Crippen molar-refractivity contribution < 1.29 is 4.79 Å². The zero-order valence-corrected chi connectivity index (χ0v) is 15.5. The van der Waals surface area contributed by atoms with Crippen LogP contribution >= 0.6 is 0 Å². The van der Waals surface area contributed by atoms with Crippen molar-refractivity contribution in [3.8, 4) is 0 Å². The molecule has 1 aliphatic heterocycles. The summed E-state index contributed by atoms with van der Waals surface area (Å²) in [5.41, 5.74) is 1.84. The van der Waals surface area contributed by atoms with E-state index >= 15 is 0 Å². The Labute approximate surface area is 158 Å². The van der Waals surface area contributed by atoms with Crippen molar-refractivity contribution >= 4 is 16.7 Å². The molecule has 138 valence electrons. The lowest BCUT2D eigenvalue weighted by Gasteiger charge is -2.24. The van der Waals surface area contributed by atoms with E-state index in [-0.39, 0.29) is 5.91 Å². The molecule has 0 bridgehead atoms. The number of nitrogens with zero attached hydrogens (tertiary/aromatic N) is 5. The van der Waals surface area contributed by atoms with Crippen LogP contribution in [0.4, 0.5) is 0 Å². The zero-order valence-electron chi connectivity index (χ0n) is 15.5. The highest BCUT2D eigenvalue weighted by Crippen LogP contribution is 2.22. The maximum Gasteiger partial charge on any atom is 0.255 e. The Bertz CT molecular complexity index is 925. The van der Waals surface area contributed by atoms with E-state index in [9.17, 15) is 4.79 Å². The van der Waals surface area contributed by atoms with Gasteiger partial charge in [0.05, 0.1) is 18.0 Å². The van der Waals surface area contributed by atoms with Crippen molar-refractivity contribution in [2.24, 2.45) is 5.92 Å². The maximum absolute atomic E-state index is 12.9. The Morgan fingerprint density at radius 1 is 1.07 bits per heavy atom. The highest BCUT2D eigenvalue weighted by atomic mass is 16.2. The fourth-order valence-electron chi connectivity index (χ4n) is 3.85. The number of likely N-dealkylation sites (N-methyl/N-ethyl adjacent to an activating group) is 1. The number of amides is 1. The summed E-state index contributed by atoms with van der Waals surface area (Å²) < 4.78 is 0. The molecule has 0 spiro atoms. The second-order valence-corrected chi connectivity index (χ2v) is 7.23. The molecule has 1 saturated heterocycles. The van der Waals surface area contributed by atoms with Crippen LogP contribution < -0.4 is 0 Å². The minimum atomic E-state index is 0.0289. The molecule has 1 amide bonds. The van der Waals surface area contributed by atoms with Crippen LogP contribution in [0.1, 0.15) is 15.9 Å². The second-order valence-electron chi connectivity index (χ2n) is 7.23. The number of benzene rings is 1. The van der Waals surface area contributed by atoms with Gasteiger partial charge in [-0.2, -0.15) is 10.2 Å². The number of carbonyl (C=O) groups excluding carboxylic acids is 1. The van der Waals surface area contributed by atoms with E-state index in [1.165, 1.54) is 10.9 Å². The number of carbonyl (C=O) groups is 1. The van der Waals surface area contributed by atoms with Crippen molar-refractivity contribution in [1.29, 1.82) is 0 Å². The molecule has 1 aliphatic rings. The second kappa shape index (κ2) is 7.80. The quantitative estimate of drug-likeness (QED) is 0.716. The van der Waals surface area contributed by atoms with Gasteiger partial charge in [0.2, 0.25) is 0 Å². The van der Waals surface area contributed by atoms with E-state index in [0.717, 1.165) is 38.0 Å². The van der Waals surface area contributed by atoms with Crippen molar-refractivity contribution in [2.45, 2.75) is 6.42 Å². The van der Waals surface area contributed by atoms with Gasteiger partial charge in [-0.05, 0) is 36.4 Å². The molecule has 0 radical (unpaired) electrons. The number of hydrogen-bond donors (Lipinski definition) is 0. The third-order valence-electron chi connectivity index (χ3n) is 5.18. The predicted octanol–water partition coefficient (Wildman–Crippen LogP) is 2.27. The van der Waals surface area contributed by atoms with E-state index in [1.54, 1.807) is 18.5 Å². The molecule has 1 fully saturated rings. The summed E-state index contributed by atoms with van der Waals surface area (Å²) >= 11 is 0. The number of hydrogen-bond acceptors (Lipinski definition) is 5. The largest absolute Gasteiger partial charge is 0.337 e. The fourth-order valence-corrected chi connectivity index (χ4v) is 3.85. The van der Waals surface area contributed by atoms with Gasteiger partial charge in [-0.15, -0.1) is 0 Å². The topological polar surface area (TPSA) is 62.2 Å². The first kappa shape index (κ1) is 17.5. The van der Waals surface area contributed by atoms with Gasteiger partial charge in [-0.3, -0.25) is 9.78 Å². The molecule has 6 nitrogen and oxygen atoms in total. The Morgan fingerprint density at radius 3 is 2.81 bits per heavy atom. The Morgan fingerprint density at radius 2 is 1.96 bits per heavy atom. The average molecular weight is 361 g/mol. The Hall–Kier alpha value is -2.86. The summed E-state index contributed by atoms with van der Waals surface area (Å²) in [6.07, 6.45) is 7.88. The van der Waals surface area contributed by atoms with Crippen molar-refractivity contribution in [3.63, 3.8) is 0 Å². The van der Waals surface area contributed by atoms with Gasteiger partial charge < -0.3 is 9.80 Å². The van der Waals surface area contributed by atoms with E-state index < -0.39 is 0 Å². The summed E-state index contributed by atoms with van der Waals surface area (Å²) in [7, 11) is 2.12. The molecule has 6 heteroatoms. The van der Waals surface area contributed by atoms with Crippen LogP contribution in [0.2, 0.25) is 0 Å². The van der Waals surface area contributed by atoms with Crippen LogP contribution in [0, 0.1) is 5.92 Å². The van der Waals surface area contributed by atoms with Crippen LogP contribution in [-0.4, -0.2) is 64.1 Å². The lowest BCUT2D eigenvalue weighted by Crippen LogP contribution is -2.36. The van der Waals surface area contributed by atoms with Crippen LogP contribution in [0.15, 0.2) is 55.1 Å². The standard InChI is InChI=1S/C21H23N5O/c1-25-8-9-26(21(27)18-6-7-23-24-13-18)15-16(14-25)10-19-12-22-11-17-4-2-3-5-20(17)19/h2-7,11-13,16H,8-10,14-15H2,1H3/t16-/m1/s1. The summed E-state index contributed by atoms with van der Waals surface area (Å²) in [6, 6.07) is 10.1. The van der Waals surface area contributed by atoms with Crippen molar-refractivity contribution in [3.05, 3.63) is 66.2 Å². The molecular formula is C21H23N5O. The van der Waals surface area contributed by atoms with Gasteiger partial charge in [0.25, 0.3) is 5.91 Å². The molecule has 1 aromatic carbocycles. The first-order chi connectivity index (χ1) is 13.2. The molecule has 1 atom stereocenters. The molecular weight excluding hydrogens is 338 g/mol. The number of pyridine rings is 1. The van der Waals surface area contributed by atoms with Gasteiger partial charge in [-0.1, -0.05) is 24.3 Å². The molecule has 0 saturated carbocycles. The third-order valence-corrected chi connectivity index (χ3v) is 5.18. The molecule has 0 N–H and O–H groups in total. The van der Waals surface area contributed by atoms with E-state index in [4.69, 9.17) is 0 Å². The van der Waals surface area contributed by atoms with Crippen LogP contribution in [-0.2, 0) is 6.42 Å². The summed E-state index contributed by atoms with van der Waals surface area (Å²) in [5, 5.41) is 10.0. The Balaban J connectivity index is 1.57. The lowest BCUT2D eigenvalue weighted by atomic mass is 9.96. The molecule has 3 aromatic rings. The Kier molecular flexibility index (Phi) is 5.07. The highest BCUT2D eigenvalue weighted by Gasteiger charge is 2.25. The molecule has 2 aromatic heterocycles. The monoisotopic (exact) mass is 361 g/mol. The van der Waals surface area contributed by atoms with Crippen molar-refractivity contribution in [2.75, 3.05) is 33.2 Å². The van der Waals surface area contributed by atoms with Gasteiger partial charge in [0.15, 0.2) is 0 Å². The van der Waals surface area contributed by atoms with Crippen LogP contribution in [0.25, 0.3) is 10.8 Å². The van der Waals surface area contributed by atoms with Gasteiger partial charge in [0.1, 0.15) is 0 Å². The number of aromatic nitrogens is 3. The third kappa shape index (κ3) is 3.95. The first-order valence-corrected chi connectivity index (χ1v) is 9.27. The lowest BCUT2D eigenvalue weighted by molar-refractivity contribution is 0.0745. The molecule has 0 aliphatic carbocycles. The summed E-state index contributed by atoms with van der Waals surface area (Å²) in [4.78, 5) is 21.6. The molecule has 4 rings (SSSR count). The maximum atomic E-state index is 12.9. The van der Waals surface area contributed by atoms with E-state index in [0.29, 0.717) is 11.5 Å². The van der Waals surface area contributed by atoms with Gasteiger partial charge >= 0.3 is 0 Å². The molecule has 3 heterocycles. The summed E-state index contributed by atoms with van der Waals surface area (Å²) in [5.74, 6) is 0.380. The van der Waals surface area contributed by atoms with E-state index in [2.05, 4.69) is 45.3 Å². The smallest absolute Gasteiger partial charge is 0.255 e. The normalized spacial score (nSPS) is 18.4. The fraction of sp³-hybridized carbons (Fsp3) is 0.333. The van der Waals surface area contributed by atoms with E-state index in [1.807, 2.05) is 23.4 Å². The number of rotatable bonds is 3. The first-order valence-electron chi connectivity index (χ1n) is 9.27. The van der Waals surface area contributed by atoms with Crippen LogP contribution in [0.3, 0.4) is 0 Å². The SMILES string of the molecule is CN1CCN(C(=O)c2ccnnc2)C[C@H](Cc2cncc3ccccc23)C1. The van der Waals surface area contributed by atoms with Crippen molar-refractivity contribution in [1.82, 2.24) is 25.0 Å². The minimum absolute atomic E-state index is 0.0289. The summed E-state index contributed by atoms with van der Waals surface area (Å²) in [6.45, 7) is 3.28. The zero-order chi connectivity index (χ0) is 18.6. The predicted molar refractivity (Wildman–Crippen MR) is 104 cm³/mol. The van der Waals surface area contributed by atoms with Gasteiger partial charge in [0, 0.05) is 44.0 Å². The molecule has 27 heavy (non-hydrogen) atoms. The highest BCUT2D eigenvalue weighted by molar-refractivity contribution is 5.93.